The fourth-order valence-electron chi connectivity index (χ4n) is 2.02. The maximum absolute atomic E-state index is 11.6. The number of rotatable bonds is 4. The lowest BCUT2D eigenvalue weighted by Gasteiger charge is -2.13. The van der Waals surface area contributed by atoms with E-state index in [1.54, 1.807) is 18.2 Å². The van der Waals surface area contributed by atoms with Crippen LogP contribution in [-0.4, -0.2) is 29.4 Å². The van der Waals surface area contributed by atoms with Crippen LogP contribution >= 0.6 is 11.6 Å². The number of aromatic nitrogens is 3. The third-order valence-electron chi connectivity index (χ3n) is 2.92. The Bertz CT molecular complexity index is 723. The monoisotopic (exact) mass is 313 g/mol. The molecule has 7 heteroatoms. The van der Waals surface area contributed by atoms with Crippen molar-refractivity contribution in [2.45, 2.75) is 30.7 Å². The molecule has 1 heterocycles. The van der Waals surface area contributed by atoms with Crippen LogP contribution < -0.4 is 0 Å². The molecule has 0 amide bonds. The van der Waals surface area contributed by atoms with E-state index >= 15 is 0 Å². The van der Waals surface area contributed by atoms with Crippen molar-refractivity contribution in [1.82, 2.24) is 14.8 Å². The molecule has 0 saturated heterocycles. The number of halogens is 1. The Morgan fingerprint density at radius 2 is 2.00 bits per heavy atom. The number of hydrogen-bond donors (Lipinski definition) is 0. The van der Waals surface area contributed by atoms with E-state index in [0.717, 1.165) is 0 Å². The van der Waals surface area contributed by atoms with Gasteiger partial charge in [-0.25, -0.2) is 8.42 Å². The second-order valence-corrected chi connectivity index (χ2v) is 7.12. The molecular weight excluding hydrogens is 298 g/mol. The summed E-state index contributed by atoms with van der Waals surface area (Å²) < 4.78 is 25.2. The van der Waals surface area contributed by atoms with Gasteiger partial charge in [0.25, 0.3) is 0 Å². The molecule has 0 unspecified atom stereocenters. The number of hydrogen-bond acceptors (Lipinski definition) is 4. The Balaban J connectivity index is 2.61. The normalized spacial score (nSPS) is 12.1. The predicted octanol–water partition coefficient (Wildman–Crippen LogP) is 2.67. The van der Waals surface area contributed by atoms with Crippen molar-refractivity contribution in [2.24, 2.45) is 0 Å². The Morgan fingerprint density at radius 3 is 2.55 bits per heavy atom. The predicted molar refractivity (Wildman–Crippen MR) is 78.5 cm³/mol. The Kier molecular flexibility index (Phi) is 4.15. The molecule has 20 heavy (non-hydrogen) atoms. The Morgan fingerprint density at radius 1 is 1.30 bits per heavy atom. The van der Waals surface area contributed by atoms with Gasteiger partial charge in [0.1, 0.15) is 5.82 Å². The van der Waals surface area contributed by atoms with E-state index < -0.39 is 9.84 Å². The van der Waals surface area contributed by atoms with Crippen LogP contribution in [-0.2, 0) is 15.7 Å². The molecule has 1 aromatic heterocycles. The fraction of sp³-hybridized carbons (Fsp3) is 0.385. The number of nitrogens with zero attached hydrogens (tertiary/aromatic N) is 3. The van der Waals surface area contributed by atoms with Crippen molar-refractivity contribution < 1.29 is 8.42 Å². The van der Waals surface area contributed by atoms with E-state index in [-0.39, 0.29) is 16.8 Å². The molecule has 0 bridgehead atoms. The molecular formula is C13H16ClN3O2S. The lowest BCUT2D eigenvalue weighted by Crippen LogP contribution is -2.07. The fourth-order valence-corrected chi connectivity index (χ4v) is 2.87. The summed E-state index contributed by atoms with van der Waals surface area (Å²) in [7, 11) is -3.25. The highest BCUT2D eigenvalue weighted by Gasteiger charge is 2.17. The second kappa shape index (κ2) is 5.54. The first-order valence-electron chi connectivity index (χ1n) is 6.15. The SMILES string of the molecule is CC(C)n1c(CCl)nnc1-c1cccc(S(C)(=O)=O)c1. The van der Waals surface area contributed by atoms with Gasteiger partial charge in [0, 0.05) is 17.9 Å². The largest absolute Gasteiger partial charge is 0.307 e. The molecule has 5 nitrogen and oxygen atoms in total. The third kappa shape index (κ3) is 2.86. The topological polar surface area (TPSA) is 64.8 Å². The minimum atomic E-state index is -3.25. The summed E-state index contributed by atoms with van der Waals surface area (Å²) in [4.78, 5) is 0.265. The molecule has 0 spiro atoms. The second-order valence-electron chi connectivity index (χ2n) is 4.84. The Hall–Kier alpha value is -1.40. The lowest BCUT2D eigenvalue weighted by molar-refractivity contribution is 0.585. The molecule has 0 saturated carbocycles. The smallest absolute Gasteiger partial charge is 0.175 e. The maximum atomic E-state index is 11.6. The summed E-state index contributed by atoms with van der Waals surface area (Å²) in [5.41, 5.74) is 0.713. The highest BCUT2D eigenvalue weighted by atomic mass is 35.5. The van der Waals surface area contributed by atoms with Gasteiger partial charge in [-0.3, -0.25) is 0 Å². The number of benzene rings is 1. The van der Waals surface area contributed by atoms with Gasteiger partial charge >= 0.3 is 0 Å². The summed E-state index contributed by atoms with van der Waals surface area (Å²) in [5, 5.41) is 8.19. The number of alkyl halides is 1. The zero-order valence-corrected chi connectivity index (χ0v) is 13.1. The van der Waals surface area contributed by atoms with Gasteiger partial charge < -0.3 is 4.57 Å². The van der Waals surface area contributed by atoms with Crippen LogP contribution in [0.15, 0.2) is 29.2 Å². The van der Waals surface area contributed by atoms with Gasteiger partial charge in [0.05, 0.1) is 10.8 Å². The molecule has 2 rings (SSSR count). The van der Waals surface area contributed by atoms with E-state index in [1.165, 1.54) is 6.26 Å². The molecule has 0 atom stereocenters. The highest BCUT2D eigenvalue weighted by Crippen LogP contribution is 2.25. The average molecular weight is 314 g/mol. The van der Waals surface area contributed by atoms with Crippen molar-refractivity contribution in [1.29, 1.82) is 0 Å². The molecule has 0 aliphatic heterocycles. The Labute approximate surface area is 123 Å². The molecule has 0 N–H and O–H groups in total. The van der Waals surface area contributed by atoms with Crippen molar-refractivity contribution >= 4 is 21.4 Å². The van der Waals surface area contributed by atoms with Gasteiger partial charge in [-0.05, 0) is 26.0 Å². The number of sulfone groups is 1. The minimum absolute atomic E-state index is 0.135. The van der Waals surface area contributed by atoms with Crippen molar-refractivity contribution in [3.63, 3.8) is 0 Å². The molecule has 0 radical (unpaired) electrons. The van der Waals surface area contributed by atoms with Gasteiger partial charge in [-0.1, -0.05) is 12.1 Å². The minimum Gasteiger partial charge on any atom is -0.307 e. The highest BCUT2D eigenvalue weighted by molar-refractivity contribution is 7.90. The van der Waals surface area contributed by atoms with Crippen LogP contribution in [0.2, 0.25) is 0 Å². The van der Waals surface area contributed by atoms with Gasteiger partial charge in [-0.2, -0.15) is 0 Å². The van der Waals surface area contributed by atoms with E-state index in [2.05, 4.69) is 10.2 Å². The van der Waals surface area contributed by atoms with Crippen LogP contribution in [0.4, 0.5) is 0 Å². The molecule has 108 valence electrons. The molecule has 2 aromatic rings. The molecule has 1 aromatic carbocycles. The summed E-state index contributed by atoms with van der Waals surface area (Å²) in [6.07, 6.45) is 1.18. The first-order valence-corrected chi connectivity index (χ1v) is 8.57. The van der Waals surface area contributed by atoms with E-state index in [9.17, 15) is 8.42 Å². The van der Waals surface area contributed by atoms with E-state index in [0.29, 0.717) is 17.2 Å². The molecule has 0 aliphatic carbocycles. The van der Waals surface area contributed by atoms with E-state index in [4.69, 9.17) is 11.6 Å². The van der Waals surface area contributed by atoms with Crippen LogP contribution in [0.1, 0.15) is 25.7 Å². The van der Waals surface area contributed by atoms with Gasteiger partial charge in [0.2, 0.25) is 0 Å². The van der Waals surface area contributed by atoms with E-state index in [1.807, 2.05) is 24.5 Å². The molecule has 0 fully saturated rings. The van der Waals surface area contributed by atoms with Crippen molar-refractivity contribution in [2.75, 3.05) is 6.26 Å². The first kappa shape index (κ1) is 15.0. The zero-order valence-electron chi connectivity index (χ0n) is 11.5. The van der Waals surface area contributed by atoms with Crippen LogP contribution in [0, 0.1) is 0 Å². The summed E-state index contributed by atoms with van der Waals surface area (Å²) in [6.45, 7) is 4.01. The lowest BCUT2D eigenvalue weighted by atomic mass is 10.2. The van der Waals surface area contributed by atoms with Crippen molar-refractivity contribution in [3.8, 4) is 11.4 Å². The van der Waals surface area contributed by atoms with Crippen LogP contribution in [0.5, 0.6) is 0 Å². The van der Waals surface area contributed by atoms with Gasteiger partial charge in [-0.15, -0.1) is 21.8 Å². The summed E-state index contributed by atoms with van der Waals surface area (Å²) in [5.74, 6) is 1.55. The first-order chi connectivity index (χ1) is 9.34. The standard InChI is InChI=1S/C13H16ClN3O2S/c1-9(2)17-12(8-14)15-16-13(17)10-5-4-6-11(7-10)20(3,18)19/h4-7,9H,8H2,1-3H3. The third-order valence-corrected chi connectivity index (χ3v) is 4.27. The van der Waals surface area contributed by atoms with Crippen molar-refractivity contribution in [3.05, 3.63) is 30.1 Å². The average Bonchev–Trinajstić information content (AvgIpc) is 2.81. The van der Waals surface area contributed by atoms with Gasteiger partial charge in [0.15, 0.2) is 15.7 Å². The summed E-state index contributed by atoms with van der Waals surface area (Å²) >= 11 is 5.86. The molecule has 0 aliphatic rings. The van der Waals surface area contributed by atoms with Crippen LogP contribution in [0.25, 0.3) is 11.4 Å². The quantitative estimate of drug-likeness (QED) is 0.814. The van der Waals surface area contributed by atoms with Crippen LogP contribution in [0.3, 0.4) is 0 Å². The maximum Gasteiger partial charge on any atom is 0.175 e. The summed E-state index contributed by atoms with van der Waals surface area (Å²) in [6, 6.07) is 6.82. The zero-order chi connectivity index (χ0) is 14.9.